The van der Waals surface area contributed by atoms with Crippen LogP contribution in [0.4, 0.5) is 0 Å². The predicted octanol–water partition coefficient (Wildman–Crippen LogP) is 4.43. The molecule has 3 aromatic carbocycles. The van der Waals surface area contributed by atoms with Gasteiger partial charge in [0.2, 0.25) is 0 Å². The van der Waals surface area contributed by atoms with Gasteiger partial charge in [-0.2, -0.15) is 5.10 Å². The number of hydrogen-bond donors (Lipinski definition) is 0. The fourth-order valence-corrected chi connectivity index (χ4v) is 4.91. The molecule has 0 radical (unpaired) electrons. The van der Waals surface area contributed by atoms with Crippen LogP contribution in [0.1, 0.15) is 22.7 Å². The third-order valence-electron chi connectivity index (χ3n) is 6.56. The molecule has 0 saturated carbocycles. The summed E-state index contributed by atoms with van der Waals surface area (Å²) < 4.78 is 16.4. The molecule has 1 fully saturated rings. The fourth-order valence-electron chi connectivity index (χ4n) is 4.91. The van der Waals surface area contributed by atoms with Gasteiger partial charge in [-0.25, -0.2) is 0 Å². The van der Waals surface area contributed by atoms with E-state index in [9.17, 15) is 0 Å². The lowest BCUT2D eigenvalue weighted by Gasteiger charge is -2.37. The van der Waals surface area contributed by atoms with Crippen LogP contribution in [-0.4, -0.2) is 63.6 Å². The minimum Gasteiger partial charge on any atom is -0.496 e. The molecule has 0 spiro atoms. The van der Waals surface area contributed by atoms with E-state index in [1.165, 1.54) is 22.3 Å². The average molecular weight is 444 g/mol. The van der Waals surface area contributed by atoms with Crippen LogP contribution < -0.4 is 14.2 Å². The van der Waals surface area contributed by atoms with Crippen LogP contribution in [-0.2, 0) is 0 Å². The first-order valence-corrected chi connectivity index (χ1v) is 11.2. The van der Waals surface area contributed by atoms with E-state index in [-0.39, 0.29) is 0 Å². The smallest absolute Gasteiger partial charge is 0.135 e. The second-order valence-corrected chi connectivity index (χ2v) is 8.26. The molecule has 0 amide bonds. The van der Waals surface area contributed by atoms with Crippen LogP contribution in [0.2, 0.25) is 0 Å². The summed E-state index contributed by atoms with van der Waals surface area (Å²) in [7, 11) is 4.91. The Morgan fingerprint density at radius 3 is 1.82 bits per heavy atom. The van der Waals surface area contributed by atoms with Crippen molar-refractivity contribution in [3.63, 3.8) is 0 Å². The van der Waals surface area contributed by atoms with Gasteiger partial charge in [-0.05, 0) is 22.3 Å². The molecule has 1 heterocycles. The maximum Gasteiger partial charge on any atom is 0.135 e. The third-order valence-corrected chi connectivity index (χ3v) is 6.56. The number of rotatable bonds is 6. The van der Waals surface area contributed by atoms with Crippen molar-refractivity contribution < 1.29 is 14.2 Å². The van der Waals surface area contributed by atoms with Crippen LogP contribution in [0.15, 0.2) is 65.8 Å². The van der Waals surface area contributed by atoms with Gasteiger partial charge in [-0.3, -0.25) is 9.91 Å². The number of piperazine rings is 1. The maximum absolute atomic E-state index is 5.54. The number of hydrogen-bond acceptors (Lipinski definition) is 6. The van der Waals surface area contributed by atoms with E-state index in [4.69, 9.17) is 19.3 Å². The van der Waals surface area contributed by atoms with E-state index in [0.29, 0.717) is 23.3 Å². The second kappa shape index (κ2) is 9.16. The van der Waals surface area contributed by atoms with Gasteiger partial charge in [0.1, 0.15) is 17.2 Å². The van der Waals surface area contributed by atoms with Gasteiger partial charge >= 0.3 is 0 Å². The topological polar surface area (TPSA) is 46.5 Å². The molecular weight excluding hydrogens is 414 g/mol. The molecule has 6 nitrogen and oxygen atoms in total. The lowest BCUT2D eigenvalue weighted by Crippen LogP contribution is -2.45. The Kier molecular flexibility index (Phi) is 5.92. The minimum atomic E-state index is 0.310. The molecule has 3 aromatic rings. The molecule has 0 unspecified atom stereocenters. The normalized spacial score (nSPS) is 16.0. The highest BCUT2D eigenvalue weighted by Crippen LogP contribution is 2.46. The number of fused-ring (bicyclic) bond motifs is 3. The Morgan fingerprint density at radius 1 is 0.758 bits per heavy atom. The SMILES string of the molecule is COc1cc(OC)c(/C=N\N2CCN(C3c4ccccc4-c4ccccc43)CC2)c(OC)c1. The summed E-state index contributed by atoms with van der Waals surface area (Å²) in [6.07, 6.45) is 1.83. The summed E-state index contributed by atoms with van der Waals surface area (Å²) in [5.74, 6) is 2.03. The van der Waals surface area contributed by atoms with Crippen LogP contribution in [0, 0.1) is 0 Å². The van der Waals surface area contributed by atoms with Crippen molar-refractivity contribution in [2.75, 3.05) is 47.5 Å². The zero-order valence-corrected chi connectivity index (χ0v) is 19.3. The molecular formula is C27H29N3O3. The number of hydrazone groups is 1. The van der Waals surface area contributed by atoms with Crippen molar-refractivity contribution in [3.05, 3.63) is 77.4 Å². The highest BCUT2D eigenvalue weighted by atomic mass is 16.5. The standard InChI is InChI=1S/C27H29N3O3/c1-31-19-16-25(32-2)24(26(17-19)33-3)18-28-30-14-12-29(13-15-30)27-22-10-6-4-8-20(22)21-9-5-7-11-23(21)27/h4-11,16-18,27H,12-15H2,1-3H3/b28-18-. The van der Waals surface area contributed by atoms with E-state index < -0.39 is 0 Å². The molecule has 2 aliphatic rings. The summed E-state index contributed by atoms with van der Waals surface area (Å²) in [6.45, 7) is 3.61. The molecule has 0 atom stereocenters. The number of benzene rings is 3. The van der Waals surface area contributed by atoms with E-state index in [1.807, 2.05) is 18.3 Å². The van der Waals surface area contributed by atoms with Crippen molar-refractivity contribution in [1.29, 1.82) is 0 Å². The lowest BCUT2D eigenvalue weighted by molar-refractivity contribution is 0.114. The number of nitrogens with zero attached hydrogens (tertiary/aromatic N) is 3. The van der Waals surface area contributed by atoms with Crippen molar-refractivity contribution in [2.24, 2.45) is 5.10 Å². The molecule has 1 saturated heterocycles. The lowest BCUT2D eigenvalue weighted by atomic mass is 10.0. The zero-order chi connectivity index (χ0) is 22.8. The van der Waals surface area contributed by atoms with Gasteiger partial charge in [0.15, 0.2) is 0 Å². The van der Waals surface area contributed by atoms with Gasteiger partial charge in [-0.15, -0.1) is 0 Å². The first-order valence-electron chi connectivity index (χ1n) is 11.2. The van der Waals surface area contributed by atoms with Crippen molar-refractivity contribution in [1.82, 2.24) is 9.91 Å². The van der Waals surface area contributed by atoms with Gasteiger partial charge in [-0.1, -0.05) is 48.5 Å². The maximum atomic E-state index is 5.54. The van der Waals surface area contributed by atoms with Gasteiger partial charge in [0, 0.05) is 38.3 Å². The first kappa shape index (κ1) is 21.3. The first-order chi connectivity index (χ1) is 16.2. The largest absolute Gasteiger partial charge is 0.496 e. The van der Waals surface area contributed by atoms with Crippen molar-refractivity contribution in [3.8, 4) is 28.4 Å². The summed E-state index contributed by atoms with van der Waals surface area (Å²) in [4.78, 5) is 2.57. The Hall–Kier alpha value is -3.51. The highest BCUT2D eigenvalue weighted by Gasteiger charge is 2.33. The molecule has 6 heteroatoms. The molecule has 1 aliphatic carbocycles. The zero-order valence-electron chi connectivity index (χ0n) is 19.3. The minimum absolute atomic E-state index is 0.310. The Balaban J connectivity index is 1.32. The monoisotopic (exact) mass is 443 g/mol. The fraction of sp³-hybridized carbons (Fsp3) is 0.296. The summed E-state index contributed by atoms with van der Waals surface area (Å²) >= 11 is 0. The van der Waals surface area contributed by atoms with Gasteiger partial charge < -0.3 is 14.2 Å². The van der Waals surface area contributed by atoms with E-state index in [0.717, 1.165) is 31.7 Å². The predicted molar refractivity (Wildman–Crippen MR) is 131 cm³/mol. The number of methoxy groups -OCH3 is 3. The van der Waals surface area contributed by atoms with Crippen molar-refractivity contribution >= 4 is 6.21 Å². The molecule has 5 rings (SSSR count). The third kappa shape index (κ3) is 3.91. The van der Waals surface area contributed by atoms with Crippen LogP contribution in [0.5, 0.6) is 17.2 Å². The van der Waals surface area contributed by atoms with Gasteiger partial charge in [0.05, 0.1) is 39.1 Å². The Morgan fingerprint density at radius 2 is 1.30 bits per heavy atom. The van der Waals surface area contributed by atoms with Gasteiger partial charge in [0.25, 0.3) is 0 Å². The van der Waals surface area contributed by atoms with E-state index in [2.05, 4.69) is 58.4 Å². The quantitative estimate of drug-likeness (QED) is 0.528. The Labute approximate surface area is 195 Å². The van der Waals surface area contributed by atoms with Crippen LogP contribution >= 0.6 is 0 Å². The molecule has 33 heavy (non-hydrogen) atoms. The van der Waals surface area contributed by atoms with Crippen LogP contribution in [0.3, 0.4) is 0 Å². The molecule has 0 bridgehead atoms. The molecule has 0 aromatic heterocycles. The van der Waals surface area contributed by atoms with Crippen molar-refractivity contribution in [2.45, 2.75) is 6.04 Å². The number of ether oxygens (including phenoxy) is 3. The summed E-state index contributed by atoms with van der Waals surface area (Å²) in [5.41, 5.74) is 6.34. The second-order valence-electron chi connectivity index (χ2n) is 8.26. The Bertz CT molecular complexity index is 1100. The van der Waals surface area contributed by atoms with Crippen LogP contribution in [0.25, 0.3) is 11.1 Å². The highest BCUT2D eigenvalue weighted by molar-refractivity contribution is 5.88. The molecule has 0 N–H and O–H groups in total. The molecule has 1 aliphatic heterocycles. The van der Waals surface area contributed by atoms with E-state index in [1.54, 1.807) is 21.3 Å². The van der Waals surface area contributed by atoms with E-state index >= 15 is 0 Å². The summed E-state index contributed by atoms with van der Waals surface area (Å²) in [6, 6.07) is 21.6. The summed E-state index contributed by atoms with van der Waals surface area (Å²) in [5, 5.41) is 6.87. The average Bonchev–Trinajstić information content (AvgIpc) is 3.21. The molecule has 170 valence electrons.